The summed E-state index contributed by atoms with van der Waals surface area (Å²) in [6.07, 6.45) is 2.48. The molecule has 3 rings (SSSR count). The van der Waals surface area contributed by atoms with Gasteiger partial charge in [-0.2, -0.15) is 0 Å². The van der Waals surface area contributed by atoms with E-state index in [1.807, 2.05) is 44.2 Å². The summed E-state index contributed by atoms with van der Waals surface area (Å²) in [6.45, 7) is 6.42. The second-order valence-electron chi connectivity index (χ2n) is 8.49. The largest absolute Gasteiger partial charge is 0.490 e. The number of nitrogens with zero attached hydrogens (tertiary/aromatic N) is 1. The fourth-order valence-corrected chi connectivity index (χ4v) is 3.52. The van der Waals surface area contributed by atoms with E-state index >= 15 is 0 Å². The van der Waals surface area contributed by atoms with Gasteiger partial charge in [-0.15, -0.1) is 5.43 Å². The first kappa shape index (κ1) is 25.7. The van der Waals surface area contributed by atoms with Crippen molar-refractivity contribution in [3.8, 4) is 17.2 Å². The highest BCUT2D eigenvalue weighted by atomic mass is 16.6. The van der Waals surface area contributed by atoms with E-state index in [4.69, 9.17) is 14.2 Å². The number of hydrogen-bond donors (Lipinski definition) is 1. The van der Waals surface area contributed by atoms with Crippen LogP contribution in [0.25, 0.3) is 0 Å². The molecule has 0 aliphatic carbocycles. The Morgan fingerprint density at radius 3 is 2.11 bits per heavy atom. The SMILES string of the molecule is CCCC(C)(CC)C(=O)OCCOc1ccc([N+](=O)Nc2ccc(Oc3ccccc3)cc2)cc1. The molecule has 0 amide bonds. The van der Waals surface area contributed by atoms with Gasteiger partial charge in [-0.05, 0) is 68.3 Å². The zero-order valence-electron chi connectivity index (χ0n) is 20.5. The second-order valence-corrected chi connectivity index (χ2v) is 8.49. The van der Waals surface area contributed by atoms with Gasteiger partial charge >= 0.3 is 5.97 Å². The summed E-state index contributed by atoms with van der Waals surface area (Å²) >= 11 is 0. The van der Waals surface area contributed by atoms with Crippen LogP contribution in [-0.4, -0.2) is 24.1 Å². The van der Waals surface area contributed by atoms with E-state index < -0.39 is 5.41 Å². The number of anilines is 1. The van der Waals surface area contributed by atoms with E-state index in [1.165, 1.54) is 0 Å². The number of carbonyl (C=O) groups excluding carboxylic acids is 1. The molecule has 0 bridgehead atoms. The lowest BCUT2D eigenvalue weighted by molar-refractivity contribution is -0.427. The molecule has 0 aliphatic heterocycles. The first-order chi connectivity index (χ1) is 16.9. The predicted molar refractivity (Wildman–Crippen MR) is 136 cm³/mol. The highest BCUT2D eigenvalue weighted by Crippen LogP contribution is 2.29. The first-order valence-electron chi connectivity index (χ1n) is 11.9. The van der Waals surface area contributed by atoms with Crippen molar-refractivity contribution in [2.75, 3.05) is 18.6 Å². The first-order valence-corrected chi connectivity index (χ1v) is 11.9. The third-order valence-electron chi connectivity index (χ3n) is 5.80. The molecule has 184 valence electrons. The van der Waals surface area contributed by atoms with E-state index in [2.05, 4.69) is 12.3 Å². The number of hydrogen-bond acceptors (Lipinski definition) is 5. The van der Waals surface area contributed by atoms with Gasteiger partial charge in [0.25, 0.3) is 5.69 Å². The fraction of sp³-hybridized carbons (Fsp3) is 0.321. The van der Waals surface area contributed by atoms with Crippen molar-refractivity contribution in [3.05, 3.63) is 83.8 Å². The molecule has 0 saturated heterocycles. The molecule has 0 spiro atoms. The predicted octanol–water partition coefficient (Wildman–Crippen LogP) is 7.05. The van der Waals surface area contributed by atoms with Crippen molar-refractivity contribution in [1.29, 1.82) is 0 Å². The molecule has 35 heavy (non-hydrogen) atoms. The van der Waals surface area contributed by atoms with Gasteiger partial charge < -0.3 is 14.2 Å². The molecule has 0 aromatic heterocycles. The number of benzene rings is 3. The number of rotatable bonds is 13. The standard InChI is InChI=1S/C28H33N2O5/c1-4-19-28(3,5-2)27(31)34-21-20-33-24-17-13-23(14-18-24)30(32)29-22-11-15-26(16-12-22)35-25-9-7-6-8-10-25/h6-18H,4-5,19-21H2,1-3H3,(H,29,32)/q+1. The van der Waals surface area contributed by atoms with Crippen molar-refractivity contribution in [2.24, 2.45) is 5.41 Å². The Morgan fingerprint density at radius 1 is 0.857 bits per heavy atom. The minimum atomic E-state index is -0.448. The molecule has 0 saturated carbocycles. The topological polar surface area (TPSA) is 76.9 Å². The molecule has 1 atom stereocenters. The molecule has 0 radical (unpaired) electrons. The average molecular weight is 478 g/mol. The number of nitrogens with one attached hydrogen (secondary N) is 1. The number of nitroso groups, excluding NO2 is 1. The van der Waals surface area contributed by atoms with Crippen LogP contribution in [-0.2, 0) is 9.53 Å². The van der Waals surface area contributed by atoms with Crippen molar-refractivity contribution in [1.82, 2.24) is 0 Å². The van der Waals surface area contributed by atoms with E-state index in [-0.39, 0.29) is 19.2 Å². The molecule has 7 heteroatoms. The van der Waals surface area contributed by atoms with Gasteiger partial charge in [-0.1, -0.05) is 38.5 Å². The molecular formula is C28H33N2O5+. The molecule has 0 heterocycles. The lowest BCUT2D eigenvalue weighted by atomic mass is 9.83. The number of ether oxygens (including phenoxy) is 3. The quantitative estimate of drug-likeness (QED) is 0.123. The van der Waals surface area contributed by atoms with E-state index in [1.54, 1.807) is 48.5 Å². The Balaban J connectivity index is 1.44. The Morgan fingerprint density at radius 2 is 1.49 bits per heavy atom. The maximum atomic E-state index is 12.5. The molecule has 7 nitrogen and oxygen atoms in total. The van der Waals surface area contributed by atoms with Gasteiger partial charge in [0.1, 0.15) is 36.1 Å². The second kappa shape index (κ2) is 12.6. The Labute approximate surface area is 206 Å². The van der Waals surface area contributed by atoms with Gasteiger partial charge in [0, 0.05) is 12.1 Å². The molecule has 3 aromatic carbocycles. The van der Waals surface area contributed by atoms with Crippen LogP contribution in [0.3, 0.4) is 0 Å². The van der Waals surface area contributed by atoms with Crippen molar-refractivity contribution >= 4 is 17.3 Å². The summed E-state index contributed by atoms with van der Waals surface area (Å²) < 4.78 is 16.8. The summed E-state index contributed by atoms with van der Waals surface area (Å²) in [5.74, 6) is 1.83. The Kier molecular flexibility index (Phi) is 9.23. The number of carbonyl (C=O) groups is 1. The highest BCUT2D eigenvalue weighted by Gasteiger charge is 2.31. The van der Waals surface area contributed by atoms with Crippen molar-refractivity contribution < 1.29 is 23.9 Å². The molecule has 1 unspecified atom stereocenters. The van der Waals surface area contributed by atoms with E-state index in [9.17, 15) is 9.70 Å². The van der Waals surface area contributed by atoms with Gasteiger partial charge in [-0.3, -0.25) is 4.79 Å². The fourth-order valence-electron chi connectivity index (χ4n) is 3.52. The number of esters is 1. The zero-order chi connectivity index (χ0) is 25.1. The minimum Gasteiger partial charge on any atom is -0.490 e. The number of para-hydroxylation sites is 1. The van der Waals surface area contributed by atoms with Crippen molar-refractivity contribution in [3.63, 3.8) is 0 Å². The molecule has 0 aliphatic rings. The van der Waals surface area contributed by atoms with Crippen LogP contribution in [0.5, 0.6) is 17.2 Å². The molecule has 3 aromatic rings. The normalized spacial score (nSPS) is 12.3. The van der Waals surface area contributed by atoms with Crippen LogP contribution in [0.15, 0.2) is 78.9 Å². The third-order valence-corrected chi connectivity index (χ3v) is 5.80. The minimum absolute atomic E-state index is 0.180. The van der Waals surface area contributed by atoms with Crippen LogP contribution in [0.1, 0.15) is 40.0 Å². The molecule has 1 N–H and O–H groups in total. The van der Waals surface area contributed by atoms with Gasteiger partial charge in [-0.25, -0.2) is 0 Å². The van der Waals surface area contributed by atoms with Crippen LogP contribution in [0.4, 0.5) is 11.4 Å². The third kappa shape index (κ3) is 7.57. The lowest BCUT2D eigenvalue weighted by Gasteiger charge is -2.25. The van der Waals surface area contributed by atoms with E-state index in [0.29, 0.717) is 27.7 Å². The Hall–Kier alpha value is -3.87. The lowest BCUT2D eigenvalue weighted by Crippen LogP contribution is -2.30. The van der Waals surface area contributed by atoms with Gasteiger partial charge in [0.05, 0.1) is 10.3 Å². The van der Waals surface area contributed by atoms with Crippen molar-refractivity contribution in [2.45, 2.75) is 40.0 Å². The monoisotopic (exact) mass is 477 g/mol. The maximum Gasteiger partial charge on any atom is 0.311 e. The molecular weight excluding hydrogens is 444 g/mol. The van der Waals surface area contributed by atoms with Crippen LogP contribution in [0, 0.1) is 10.3 Å². The summed E-state index contributed by atoms with van der Waals surface area (Å²) in [7, 11) is 0. The van der Waals surface area contributed by atoms with Crippen LogP contribution >= 0.6 is 0 Å². The summed E-state index contributed by atoms with van der Waals surface area (Å²) in [5.41, 5.74) is 3.39. The smallest absolute Gasteiger partial charge is 0.311 e. The number of hydrazine groups is 1. The maximum absolute atomic E-state index is 12.5. The average Bonchev–Trinajstić information content (AvgIpc) is 2.88. The summed E-state index contributed by atoms with van der Waals surface area (Å²) in [6, 6.07) is 23.3. The molecule has 0 fully saturated rings. The zero-order valence-corrected chi connectivity index (χ0v) is 20.5. The highest BCUT2D eigenvalue weighted by molar-refractivity contribution is 5.76. The Bertz CT molecular complexity index is 1080. The van der Waals surface area contributed by atoms with Gasteiger partial charge in [0.15, 0.2) is 4.87 Å². The summed E-state index contributed by atoms with van der Waals surface area (Å²) in [5, 5.41) is 0. The van der Waals surface area contributed by atoms with Gasteiger partial charge in [0.2, 0.25) is 0 Å². The van der Waals surface area contributed by atoms with Crippen LogP contribution < -0.4 is 14.9 Å². The van der Waals surface area contributed by atoms with E-state index in [0.717, 1.165) is 25.0 Å². The summed E-state index contributed by atoms with van der Waals surface area (Å²) in [4.78, 5) is 25.5. The van der Waals surface area contributed by atoms with Crippen LogP contribution in [0.2, 0.25) is 0 Å².